The van der Waals surface area contributed by atoms with Gasteiger partial charge in [-0.05, 0) is 43.4 Å². The molecule has 3 aromatic rings. The highest BCUT2D eigenvalue weighted by Crippen LogP contribution is 2.45. The summed E-state index contributed by atoms with van der Waals surface area (Å²) in [6.45, 7) is 5.92. The zero-order chi connectivity index (χ0) is 34.5. The quantitative estimate of drug-likeness (QED) is 0.268. The number of carboxylic acid groups (broad SMARTS) is 1. The number of ether oxygens (including phenoxy) is 2. The first kappa shape index (κ1) is 33.7. The van der Waals surface area contributed by atoms with E-state index in [9.17, 15) is 24.3 Å². The van der Waals surface area contributed by atoms with Gasteiger partial charge in [-0.3, -0.25) is 9.59 Å². The molecule has 2 fully saturated rings. The SMILES string of the molecule is C=C[C@@H]1C[C@]1(NC(=O)[C@@H]1C[C@H]2CN1C(=O)[C@H](CCCC)NC(=O)OCCCC=Cc1ccc3nc(-c4ccccc4)cc(c3c1)O2)C(=O)O. The molecule has 3 amide bonds. The molecule has 6 rings (SSSR count). The summed E-state index contributed by atoms with van der Waals surface area (Å²) in [6, 6.07) is 15.6. The number of hydrogen-bond acceptors (Lipinski definition) is 7. The van der Waals surface area contributed by atoms with Crippen molar-refractivity contribution in [3.05, 3.63) is 78.9 Å². The Morgan fingerprint density at radius 2 is 2.00 bits per heavy atom. The number of hydrogen-bond donors (Lipinski definition) is 3. The standard InChI is InChI=1S/C38H42N4O7/c1-3-5-15-30-35(44)42-23-27(20-32(42)34(43)41-38(36(45)46)22-26(38)4-2)49-33-21-31(25-13-9-6-10-14-25)39-29-17-16-24(19-28(29)33)12-8-7-11-18-48-37(47)40-30/h4,6,8-10,12-14,16-17,19,21,26-27,30,32H,2-3,5,7,11,15,18,20,22-23H2,1H3,(H,40,47)(H,41,43)(H,45,46)/t26-,27+,30+,32+,38-/m1/s1. The topological polar surface area (TPSA) is 147 Å². The summed E-state index contributed by atoms with van der Waals surface area (Å²) in [6.07, 6.45) is 7.59. The number of nitrogens with zero attached hydrogens (tertiary/aromatic N) is 2. The molecule has 0 spiro atoms. The van der Waals surface area contributed by atoms with Gasteiger partial charge >= 0.3 is 12.1 Å². The van der Waals surface area contributed by atoms with Gasteiger partial charge in [0.1, 0.15) is 29.5 Å². The van der Waals surface area contributed by atoms with E-state index in [-0.39, 0.29) is 26.0 Å². The van der Waals surface area contributed by atoms with Crippen molar-refractivity contribution in [2.24, 2.45) is 5.92 Å². The van der Waals surface area contributed by atoms with Crippen molar-refractivity contribution < 1.29 is 33.8 Å². The number of fused-ring (bicyclic) bond motifs is 3. The van der Waals surface area contributed by atoms with E-state index in [4.69, 9.17) is 14.5 Å². The van der Waals surface area contributed by atoms with Gasteiger partial charge in [0.05, 0.1) is 24.4 Å². The summed E-state index contributed by atoms with van der Waals surface area (Å²) in [5.41, 5.74) is 1.81. The van der Waals surface area contributed by atoms with Crippen LogP contribution in [-0.2, 0) is 19.1 Å². The molecule has 1 saturated heterocycles. The second-order valence-corrected chi connectivity index (χ2v) is 13.0. The molecule has 11 nitrogen and oxygen atoms in total. The Morgan fingerprint density at radius 3 is 2.73 bits per heavy atom. The van der Waals surface area contributed by atoms with Gasteiger partial charge in [0.2, 0.25) is 11.8 Å². The van der Waals surface area contributed by atoms with Crippen LogP contribution in [0.4, 0.5) is 4.79 Å². The Labute approximate surface area is 285 Å². The molecule has 2 aliphatic heterocycles. The second-order valence-electron chi connectivity index (χ2n) is 13.0. The smallest absolute Gasteiger partial charge is 0.407 e. The van der Waals surface area contributed by atoms with Crippen LogP contribution in [0, 0.1) is 5.92 Å². The van der Waals surface area contributed by atoms with Gasteiger partial charge in [0, 0.05) is 29.4 Å². The van der Waals surface area contributed by atoms with Crippen LogP contribution in [0.5, 0.6) is 5.75 Å². The Balaban J connectivity index is 1.39. The second kappa shape index (κ2) is 14.5. The third-order valence-electron chi connectivity index (χ3n) is 9.53. The zero-order valence-electron chi connectivity index (χ0n) is 27.6. The molecule has 3 N–H and O–H groups in total. The van der Waals surface area contributed by atoms with E-state index in [0.29, 0.717) is 37.1 Å². The predicted octanol–water partition coefficient (Wildman–Crippen LogP) is 5.49. The van der Waals surface area contributed by atoms with Crippen LogP contribution in [0.2, 0.25) is 0 Å². The fourth-order valence-electron chi connectivity index (χ4n) is 6.68. The van der Waals surface area contributed by atoms with Crippen LogP contribution in [-0.4, -0.2) is 75.7 Å². The number of cyclic esters (lactones) is 1. The van der Waals surface area contributed by atoms with Crippen LogP contribution in [0.3, 0.4) is 0 Å². The molecular formula is C38H42N4O7. The van der Waals surface area contributed by atoms with E-state index in [1.165, 1.54) is 11.0 Å². The molecule has 1 saturated carbocycles. The lowest BCUT2D eigenvalue weighted by atomic mass is 10.1. The maximum atomic E-state index is 14.2. The highest BCUT2D eigenvalue weighted by atomic mass is 16.5. The van der Waals surface area contributed by atoms with Gasteiger partial charge < -0.3 is 30.1 Å². The number of carbonyl (C=O) groups excluding carboxylic acids is 3. The summed E-state index contributed by atoms with van der Waals surface area (Å²) in [5.74, 6) is -2.07. The highest BCUT2D eigenvalue weighted by molar-refractivity contribution is 5.96. The zero-order valence-corrected chi connectivity index (χ0v) is 27.6. The Morgan fingerprint density at radius 1 is 1.18 bits per heavy atom. The number of aliphatic carboxylic acids is 1. The highest BCUT2D eigenvalue weighted by Gasteiger charge is 2.61. The average Bonchev–Trinajstić information content (AvgIpc) is 3.67. The lowest BCUT2D eigenvalue weighted by molar-refractivity contribution is -0.145. The number of unbranched alkanes of at least 4 members (excludes halogenated alkanes) is 1. The Bertz CT molecular complexity index is 1780. The Kier molecular flexibility index (Phi) is 9.98. The number of benzene rings is 2. The van der Waals surface area contributed by atoms with E-state index in [2.05, 4.69) is 17.2 Å². The summed E-state index contributed by atoms with van der Waals surface area (Å²) in [5, 5.41) is 16.2. The van der Waals surface area contributed by atoms with Crippen molar-refractivity contribution in [1.82, 2.24) is 20.5 Å². The fourth-order valence-corrected chi connectivity index (χ4v) is 6.68. The van der Waals surface area contributed by atoms with Gasteiger partial charge in [-0.25, -0.2) is 14.6 Å². The van der Waals surface area contributed by atoms with E-state index in [1.807, 2.05) is 73.7 Å². The van der Waals surface area contributed by atoms with Crippen molar-refractivity contribution in [2.75, 3.05) is 13.2 Å². The normalized spacial score (nSPS) is 25.4. The third kappa shape index (κ3) is 7.30. The van der Waals surface area contributed by atoms with Gasteiger partial charge in [-0.15, -0.1) is 6.58 Å². The number of alkyl carbamates (subject to hydrolysis) is 1. The predicted molar refractivity (Wildman–Crippen MR) is 185 cm³/mol. The summed E-state index contributed by atoms with van der Waals surface area (Å²) in [4.78, 5) is 59.6. The minimum atomic E-state index is -1.47. The Hall–Kier alpha value is -5.19. The molecular weight excluding hydrogens is 624 g/mol. The van der Waals surface area contributed by atoms with E-state index < -0.39 is 53.5 Å². The molecule has 0 radical (unpaired) electrons. The molecule has 5 atom stereocenters. The first-order valence-electron chi connectivity index (χ1n) is 17.0. The number of pyridine rings is 1. The average molecular weight is 667 g/mol. The summed E-state index contributed by atoms with van der Waals surface area (Å²) < 4.78 is 12.1. The van der Waals surface area contributed by atoms with Crippen LogP contribution in [0.25, 0.3) is 28.2 Å². The lowest BCUT2D eigenvalue weighted by Gasteiger charge is -2.29. The number of allylic oxidation sites excluding steroid dienone is 1. The van der Waals surface area contributed by atoms with Crippen LogP contribution in [0.1, 0.15) is 57.4 Å². The van der Waals surface area contributed by atoms with E-state index >= 15 is 0 Å². The largest absolute Gasteiger partial charge is 0.488 e. The number of carbonyl (C=O) groups is 4. The van der Waals surface area contributed by atoms with Crippen LogP contribution >= 0.6 is 0 Å². The monoisotopic (exact) mass is 666 g/mol. The van der Waals surface area contributed by atoms with Crippen LogP contribution < -0.4 is 15.4 Å². The molecule has 3 heterocycles. The first-order valence-corrected chi connectivity index (χ1v) is 17.0. The molecule has 256 valence electrons. The number of amides is 3. The molecule has 2 aromatic carbocycles. The molecule has 4 bridgehead atoms. The summed E-state index contributed by atoms with van der Waals surface area (Å²) >= 11 is 0. The number of nitrogens with one attached hydrogen (secondary N) is 2. The van der Waals surface area contributed by atoms with Gasteiger partial charge in [0.15, 0.2) is 0 Å². The molecule has 0 unspecified atom stereocenters. The molecule has 1 aliphatic carbocycles. The molecule has 49 heavy (non-hydrogen) atoms. The van der Waals surface area contributed by atoms with Gasteiger partial charge in [-0.2, -0.15) is 0 Å². The van der Waals surface area contributed by atoms with Crippen molar-refractivity contribution in [2.45, 2.75) is 75.6 Å². The first-order chi connectivity index (χ1) is 23.7. The third-order valence-corrected chi connectivity index (χ3v) is 9.53. The lowest BCUT2D eigenvalue weighted by Crippen LogP contribution is -2.56. The van der Waals surface area contributed by atoms with Crippen molar-refractivity contribution >= 4 is 40.9 Å². The van der Waals surface area contributed by atoms with Crippen molar-refractivity contribution in [3.8, 4) is 17.0 Å². The number of rotatable bonds is 8. The van der Waals surface area contributed by atoms with E-state index in [1.54, 1.807) is 0 Å². The fraction of sp³-hybridized carbons (Fsp3) is 0.395. The minimum absolute atomic E-state index is 0.0469. The summed E-state index contributed by atoms with van der Waals surface area (Å²) in [7, 11) is 0. The number of carboxylic acids is 1. The van der Waals surface area contributed by atoms with E-state index in [0.717, 1.165) is 28.5 Å². The van der Waals surface area contributed by atoms with Gasteiger partial charge in [0.25, 0.3) is 0 Å². The maximum Gasteiger partial charge on any atom is 0.407 e. The maximum absolute atomic E-state index is 14.2. The minimum Gasteiger partial charge on any atom is -0.488 e. The molecule has 1 aromatic heterocycles. The van der Waals surface area contributed by atoms with Gasteiger partial charge in [-0.1, -0.05) is 74.4 Å². The van der Waals surface area contributed by atoms with Crippen molar-refractivity contribution in [1.29, 1.82) is 0 Å². The molecule has 3 aliphatic rings. The molecule has 11 heteroatoms. The van der Waals surface area contributed by atoms with Crippen molar-refractivity contribution in [3.63, 3.8) is 0 Å². The number of aromatic nitrogens is 1. The van der Waals surface area contributed by atoms with Crippen LogP contribution in [0.15, 0.2) is 73.3 Å².